The highest BCUT2D eigenvalue weighted by molar-refractivity contribution is 9.10. The molecule has 1 atom stereocenters. The van der Waals surface area contributed by atoms with Crippen molar-refractivity contribution in [2.75, 3.05) is 0 Å². The first-order chi connectivity index (χ1) is 10.1. The number of rotatable bonds is 3. The average Bonchev–Trinajstić information content (AvgIpc) is 3.08. The fourth-order valence-corrected chi connectivity index (χ4v) is 3.38. The van der Waals surface area contributed by atoms with E-state index in [4.69, 9.17) is 4.42 Å². The van der Waals surface area contributed by atoms with Crippen molar-refractivity contribution in [3.05, 3.63) is 56.4 Å². The minimum atomic E-state index is -0.180. The van der Waals surface area contributed by atoms with E-state index in [0.717, 1.165) is 25.9 Å². The molecule has 0 aliphatic rings. The normalized spacial score (nSPS) is 12.5. The topological polar surface area (TPSA) is 42.2 Å². The van der Waals surface area contributed by atoms with Crippen molar-refractivity contribution in [2.45, 2.75) is 19.9 Å². The van der Waals surface area contributed by atoms with Crippen molar-refractivity contribution in [1.82, 2.24) is 5.32 Å². The maximum absolute atomic E-state index is 12.4. The summed E-state index contributed by atoms with van der Waals surface area (Å²) in [6.45, 7) is 3.88. The Labute approximate surface area is 135 Å². The predicted octanol–water partition coefficient (Wildman–Crippen LogP) is 5.06. The van der Waals surface area contributed by atoms with Gasteiger partial charge in [-0.2, -0.15) is 0 Å². The van der Waals surface area contributed by atoms with Gasteiger partial charge in [-0.3, -0.25) is 4.79 Å². The molecular formula is C16H14BrNO2S. The molecule has 0 aliphatic heterocycles. The standard InChI is InChI=1S/C16H14BrNO2S/c1-9-12-8-11(17)5-6-13(12)20-15(9)16(19)18-10(2)14-4-3-7-21-14/h3-8,10H,1-2H3,(H,18,19). The van der Waals surface area contributed by atoms with Crippen LogP contribution in [0, 0.1) is 6.92 Å². The van der Waals surface area contributed by atoms with E-state index in [-0.39, 0.29) is 11.9 Å². The molecule has 3 rings (SSSR count). The molecule has 1 unspecified atom stereocenters. The van der Waals surface area contributed by atoms with Gasteiger partial charge in [0.15, 0.2) is 5.76 Å². The average molecular weight is 364 g/mol. The fraction of sp³-hybridized carbons (Fsp3) is 0.188. The van der Waals surface area contributed by atoms with E-state index in [2.05, 4.69) is 21.2 Å². The van der Waals surface area contributed by atoms with Crippen molar-refractivity contribution in [3.63, 3.8) is 0 Å². The molecule has 0 aliphatic carbocycles. The quantitative estimate of drug-likeness (QED) is 0.706. The number of carbonyl (C=O) groups excluding carboxylic acids is 1. The number of fused-ring (bicyclic) bond motifs is 1. The SMILES string of the molecule is Cc1c(C(=O)NC(C)c2cccs2)oc2ccc(Br)cc12. The second-order valence-corrected chi connectivity index (χ2v) is 6.80. The molecule has 0 bridgehead atoms. The predicted molar refractivity (Wildman–Crippen MR) is 88.9 cm³/mol. The molecule has 0 radical (unpaired) electrons. The van der Waals surface area contributed by atoms with Gasteiger partial charge in [0.05, 0.1) is 6.04 Å². The lowest BCUT2D eigenvalue weighted by Gasteiger charge is -2.11. The van der Waals surface area contributed by atoms with Crippen LogP contribution in [0.25, 0.3) is 11.0 Å². The Balaban J connectivity index is 1.89. The number of amides is 1. The molecule has 1 aromatic carbocycles. The zero-order valence-corrected chi connectivity index (χ0v) is 14.0. The Morgan fingerprint density at radius 3 is 2.90 bits per heavy atom. The Morgan fingerprint density at radius 1 is 1.38 bits per heavy atom. The molecule has 2 aromatic heterocycles. The van der Waals surface area contributed by atoms with Gasteiger partial charge in [-0.15, -0.1) is 11.3 Å². The summed E-state index contributed by atoms with van der Waals surface area (Å²) in [5.74, 6) is 0.201. The summed E-state index contributed by atoms with van der Waals surface area (Å²) in [5.41, 5.74) is 1.59. The Hall–Kier alpha value is -1.59. The van der Waals surface area contributed by atoms with Crippen molar-refractivity contribution < 1.29 is 9.21 Å². The van der Waals surface area contributed by atoms with Crippen LogP contribution >= 0.6 is 27.3 Å². The van der Waals surface area contributed by atoms with Crippen LogP contribution in [0.4, 0.5) is 0 Å². The number of hydrogen-bond acceptors (Lipinski definition) is 3. The molecule has 21 heavy (non-hydrogen) atoms. The second kappa shape index (κ2) is 5.66. The highest BCUT2D eigenvalue weighted by Gasteiger charge is 2.20. The highest BCUT2D eigenvalue weighted by Crippen LogP contribution is 2.28. The summed E-state index contributed by atoms with van der Waals surface area (Å²) >= 11 is 5.07. The maximum Gasteiger partial charge on any atom is 0.287 e. The Morgan fingerprint density at radius 2 is 2.19 bits per heavy atom. The number of halogens is 1. The molecule has 1 N–H and O–H groups in total. The zero-order valence-electron chi connectivity index (χ0n) is 11.6. The number of carbonyl (C=O) groups is 1. The van der Waals surface area contributed by atoms with E-state index in [9.17, 15) is 4.79 Å². The third kappa shape index (κ3) is 2.76. The molecule has 5 heteroatoms. The number of aryl methyl sites for hydroxylation is 1. The van der Waals surface area contributed by atoms with Gasteiger partial charge in [-0.25, -0.2) is 0 Å². The molecule has 108 valence electrons. The van der Waals surface area contributed by atoms with E-state index in [1.165, 1.54) is 0 Å². The summed E-state index contributed by atoms with van der Waals surface area (Å²) in [6.07, 6.45) is 0. The second-order valence-electron chi connectivity index (χ2n) is 4.91. The van der Waals surface area contributed by atoms with Crippen molar-refractivity contribution in [3.8, 4) is 0 Å². The lowest BCUT2D eigenvalue weighted by molar-refractivity contribution is 0.0914. The molecule has 0 saturated carbocycles. The Kier molecular flexibility index (Phi) is 3.87. The van der Waals surface area contributed by atoms with Gasteiger partial charge in [0.25, 0.3) is 5.91 Å². The van der Waals surface area contributed by atoms with Gasteiger partial charge < -0.3 is 9.73 Å². The third-order valence-corrected chi connectivity index (χ3v) is 4.97. The van der Waals surface area contributed by atoms with Crippen LogP contribution in [-0.4, -0.2) is 5.91 Å². The van der Waals surface area contributed by atoms with E-state index in [1.54, 1.807) is 11.3 Å². The monoisotopic (exact) mass is 363 g/mol. The zero-order chi connectivity index (χ0) is 15.0. The fourth-order valence-electron chi connectivity index (χ4n) is 2.28. The van der Waals surface area contributed by atoms with Crippen LogP contribution in [0.1, 0.15) is 34.0 Å². The first-order valence-corrected chi connectivity index (χ1v) is 8.26. The molecular weight excluding hydrogens is 350 g/mol. The van der Waals surface area contributed by atoms with Crippen molar-refractivity contribution in [2.24, 2.45) is 0 Å². The molecule has 1 amide bonds. The highest BCUT2D eigenvalue weighted by atomic mass is 79.9. The van der Waals surface area contributed by atoms with E-state index in [0.29, 0.717) is 5.76 Å². The molecule has 0 saturated heterocycles. The first kappa shape index (κ1) is 14.4. The van der Waals surface area contributed by atoms with Crippen LogP contribution < -0.4 is 5.32 Å². The van der Waals surface area contributed by atoms with Gasteiger partial charge >= 0.3 is 0 Å². The van der Waals surface area contributed by atoms with Gasteiger partial charge in [0.1, 0.15) is 5.58 Å². The summed E-state index contributed by atoms with van der Waals surface area (Å²) in [6, 6.07) is 9.70. The summed E-state index contributed by atoms with van der Waals surface area (Å²) < 4.78 is 6.67. The molecule has 0 fully saturated rings. The van der Waals surface area contributed by atoms with Crippen LogP contribution in [0.5, 0.6) is 0 Å². The van der Waals surface area contributed by atoms with E-state index < -0.39 is 0 Å². The first-order valence-electron chi connectivity index (χ1n) is 6.59. The number of benzene rings is 1. The number of thiophene rings is 1. The van der Waals surface area contributed by atoms with Crippen molar-refractivity contribution >= 4 is 44.1 Å². The number of nitrogens with one attached hydrogen (secondary N) is 1. The number of furan rings is 1. The van der Waals surface area contributed by atoms with Crippen LogP contribution in [-0.2, 0) is 0 Å². The molecule has 2 heterocycles. The number of hydrogen-bond donors (Lipinski definition) is 1. The molecule has 3 nitrogen and oxygen atoms in total. The third-order valence-electron chi connectivity index (χ3n) is 3.42. The molecule has 0 spiro atoms. The van der Waals surface area contributed by atoms with Crippen LogP contribution in [0.2, 0.25) is 0 Å². The van der Waals surface area contributed by atoms with Crippen LogP contribution in [0.15, 0.2) is 44.6 Å². The smallest absolute Gasteiger partial charge is 0.287 e. The lowest BCUT2D eigenvalue weighted by Crippen LogP contribution is -2.26. The van der Waals surface area contributed by atoms with Gasteiger partial charge in [-0.1, -0.05) is 22.0 Å². The summed E-state index contributed by atoms with van der Waals surface area (Å²) in [5, 5.41) is 5.94. The van der Waals surface area contributed by atoms with Gasteiger partial charge in [0.2, 0.25) is 0 Å². The van der Waals surface area contributed by atoms with Gasteiger partial charge in [-0.05, 0) is 43.5 Å². The van der Waals surface area contributed by atoms with Crippen molar-refractivity contribution in [1.29, 1.82) is 0 Å². The largest absolute Gasteiger partial charge is 0.451 e. The minimum Gasteiger partial charge on any atom is -0.451 e. The Bertz CT molecular complexity index is 792. The van der Waals surface area contributed by atoms with E-state index >= 15 is 0 Å². The van der Waals surface area contributed by atoms with Gasteiger partial charge in [0, 0.05) is 20.3 Å². The van der Waals surface area contributed by atoms with E-state index in [1.807, 2.05) is 49.6 Å². The summed E-state index contributed by atoms with van der Waals surface area (Å²) in [4.78, 5) is 13.5. The minimum absolute atomic E-state index is 0.0307. The maximum atomic E-state index is 12.4. The van der Waals surface area contributed by atoms with Crippen LogP contribution in [0.3, 0.4) is 0 Å². The molecule has 3 aromatic rings. The lowest BCUT2D eigenvalue weighted by atomic mass is 10.1. The summed E-state index contributed by atoms with van der Waals surface area (Å²) in [7, 11) is 0.